The molecule has 0 amide bonds. The topological polar surface area (TPSA) is 40.5 Å². The zero-order valence-electron chi connectivity index (χ0n) is 16.2. The highest BCUT2D eigenvalue weighted by molar-refractivity contribution is 5.32. The summed E-state index contributed by atoms with van der Waals surface area (Å²) in [6.45, 7) is 4.20. The van der Waals surface area contributed by atoms with E-state index in [-0.39, 0.29) is 24.1 Å². The van der Waals surface area contributed by atoms with Crippen molar-refractivity contribution >= 4 is 0 Å². The van der Waals surface area contributed by atoms with Gasteiger partial charge in [0.1, 0.15) is 5.60 Å². The molecule has 0 heterocycles. The van der Waals surface area contributed by atoms with Crippen LogP contribution in [0.25, 0.3) is 0 Å². The molecule has 0 aromatic rings. The Balaban J connectivity index is 1.78. The van der Waals surface area contributed by atoms with Crippen LogP contribution in [0, 0.1) is 47.3 Å². The van der Waals surface area contributed by atoms with Gasteiger partial charge in [0.05, 0.1) is 12.8 Å². The van der Waals surface area contributed by atoms with Crippen molar-refractivity contribution in [3.8, 4) is 12.3 Å². The minimum atomic E-state index is -1.05. The van der Waals surface area contributed by atoms with E-state index >= 15 is 0 Å². The average molecular weight is 361 g/mol. The quantitative estimate of drug-likeness (QED) is 0.571. The second-order valence-electron chi connectivity index (χ2n) is 9.82. The molecule has 144 valence electrons. The van der Waals surface area contributed by atoms with Crippen LogP contribution in [0.15, 0.2) is 11.1 Å². The van der Waals surface area contributed by atoms with Crippen LogP contribution in [0.1, 0.15) is 65.2 Å². The number of aliphatic hydroxyl groups is 2. The van der Waals surface area contributed by atoms with E-state index in [0.717, 1.165) is 38.5 Å². The molecule has 0 aromatic carbocycles. The molecule has 3 heteroatoms. The average Bonchev–Trinajstić information content (AvgIpc) is 2.86. The summed E-state index contributed by atoms with van der Waals surface area (Å²) in [4.78, 5) is 0. The molecular weight excluding hydrogens is 327 g/mol. The monoisotopic (exact) mass is 360 g/mol. The fourth-order valence-corrected chi connectivity index (χ4v) is 7.53. The standard InChI is InChI=1S/C23H33FO2/c1-4-23(26)9-7-19-20-14(2)11-16-12-17(25)5-6-18(16)21(20)15(8-10-24)13-22(19,23)3/h1,14-15,17,19-21,25-26H,5-13H2,2-3H3/t14-,15+,17-,19+,20+,21-,22+,23-/m1/s1. The third-order valence-corrected chi connectivity index (χ3v) is 8.68. The van der Waals surface area contributed by atoms with Gasteiger partial charge < -0.3 is 10.2 Å². The van der Waals surface area contributed by atoms with Gasteiger partial charge in [-0.05, 0) is 81.0 Å². The number of allylic oxidation sites excluding steroid dienone is 1. The van der Waals surface area contributed by atoms with Gasteiger partial charge in [0.25, 0.3) is 0 Å². The van der Waals surface area contributed by atoms with Gasteiger partial charge in [-0.3, -0.25) is 4.39 Å². The Morgan fingerprint density at radius 3 is 2.77 bits per heavy atom. The number of rotatable bonds is 2. The lowest BCUT2D eigenvalue weighted by molar-refractivity contribution is -0.106. The number of aliphatic hydroxyl groups excluding tert-OH is 1. The van der Waals surface area contributed by atoms with Crippen molar-refractivity contribution in [3.05, 3.63) is 11.1 Å². The first-order valence-corrected chi connectivity index (χ1v) is 10.5. The number of fused-ring (bicyclic) bond motifs is 4. The maximum Gasteiger partial charge on any atom is 0.130 e. The zero-order valence-corrected chi connectivity index (χ0v) is 16.2. The highest BCUT2D eigenvalue weighted by Crippen LogP contribution is 2.67. The first-order valence-electron chi connectivity index (χ1n) is 10.5. The predicted molar refractivity (Wildman–Crippen MR) is 101 cm³/mol. The summed E-state index contributed by atoms with van der Waals surface area (Å²) in [6.07, 6.45) is 12.3. The van der Waals surface area contributed by atoms with Crippen molar-refractivity contribution in [2.24, 2.45) is 35.0 Å². The predicted octanol–water partition coefficient (Wildman–Crippen LogP) is 4.26. The van der Waals surface area contributed by atoms with Gasteiger partial charge in [-0.15, -0.1) is 6.42 Å². The minimum Gasteiger partial charge on any atom is -0.393 e. The van der Waals surface area contributed by atoms with Crippen LogP contribution in [-0.2, 0) is 0 Å². The summed E-state index contributed by atoms with van der Waals surface area (Å²) >= 11 is 0. The summed E-state index contributed by atoms with van der Waals surface area (Å²) < 4.78 is 13.5. The zero-order chi connectivity index (χ0) is 18.7. The van der Waals surface area contributed by atoms with E-state index in [0.29, 0.717) is 36.5 Å². The maximum absolute atomic E-state index is 13.5. The Kier molecular flexibility index (Phi) is 4.52. The Morgan fingerprint density at radius 1 is 1.31 bits per heavy atom. The molecule has 0 bridgehead atoms. The van der Waals surface area contributed by atoms with Gasteiger partial charge in [-0.2, -0.15) is 0 Å². The molecule has 2 fully saturated rings. The minimum absolute atomic E-state index is 0.205. The summed E-state index contributed by atoms with van der Waals surface area (Å²) in [6, 6.07) is 0. The first-order chi connectivity index (χ1) is 12.3. The number of hydrogen-bond acceptors (Lipinski definition) is 2. The van der Waals surface area contributed by atoms with Crippen LogP contribution in [0.3, 0.4) is 0 Å². The van der Waals surface area contributed by atoms with E-state index in [1.807, 2.05) is 0 Å². The van der Waals surface area contributed by atoms with Crippen LogP contribution < -0.4 is 0 Å². The van der Waals surface area contributed by atoms with Crippen LogP contribution in [0.4, 0.5) is 4.39 Å². The molecular formula is C23H33FO2. The van der Waals surface area contributed by atoms with Crippen molar-refractivity contribution in [1.29, 1.82) is 0 Å². The van der Waals surface area contributed by atoms with Crippen LogP contribution >= 0.6 is 0 Å². The van der Waals surface area contributed by atoms with E-state index in [9.17, 15) is 14.6 Å². The highest BCUT2D eigenvalue weighted by Gasteiger charge is 2.64. The molecule has 2 saturated carbocycles. The van der Waals surface area contributed by atoms with E-state index < -0.39 is 5.60 Å². The van der Waals surface area contributed by atoms with E-state index in [2.05, 4.69) is 19.8 Å². The van der Waals surface area contributed by atoms with Crippen molar-refractivity contribution in [2.75, 3.05) is 6.67 Å². The summed E-state index contributed by atoms with van der Waals surface area (Å²) in [5.74, 6) is 4.83. The lowest BCUT2D eigenvalue weighted by atomic mass is 9.47. The van der Waals surface area contributed by atoms with Crippen LogP contribution in [0.5, 0.6) is 0 Å². The second-order valence-corrected chi connectivity index (χ2v) is 9.82. The third kappa shape index (κ3) is 2.45. The van der Waals surface area contributed by atoms with Crippen molar-refractivity contribution in [2.45, 2.75) is 76.9 Å². The molecule has 0 saturated heterocycles. The normalized spacial score (nSPS) is 50.6. The van der Waals surface area contributed by atoms with Gasteiger partial charge in [0.2, 0.25) is 0 Å². The summed E-state index contributed by atoms with van der Waals surface area (Å²) in [5, 5.41) is 21.4. The van der Waals surface area contributed by atoms with Crippen molar-refractivity contribution < 1.29 is 14.6 Å². The van der Waals surface area contributed by atoms with Crippen LogP contribution in [0.2, 0.25) is 0 Å². The molecule has 0 radical (unpaired) electrons. The molecule has 4 aliphatic carbocycles. The van der Waals surface area contributed by atoms with E-state index in [1.165, 1.54) is 11.1 Å². The molecule has 2 N–H and O–H groups in total. The Labute approximate surface area is 157 Å². The summed E-state index contributed by atoms with van der Waals surface area (Å²) in [5.41, 5.74) is 1.64. The number of halogens is 1. The Morgan fingerprint density at radius 2 is 2.08 bits per heavy atom. The molecule has 0 aromatic heterocycles. The number of terminal acetylenes is 1. The summed E-state index contributed by atoms with van der Waals surface area (Å²) in [7, 11) is 0. The lowest BCUT2D eigenvalue weighted by Gasteiger charge is -2.58. The van der Waals surface area contributed by atoms with Crippen LogP contribution in [-0.4, -0.2) is 28.6 Å². The molecule has 8 atom stereocenters. The SMILES string of the molecule is C#C[C@@]1(O)CC[C@H]2[C@H]3[C@@H](C4=C(C[C@H](O)CC4)C[C@H]3C)[C@@H](CCF)C[C@@]21C. The third-order valence-electron chi connectivity index (χ3n) is 8.68. The molecule has 0 spiro atoms. The molecule has 4 rings (SSSR count). The van der Waals surface area contributed by atoms with E-state index in [4.69, 9.17) is 6.42 Å². The van der Waals surface area contributed by atoms with Gasteiger partial charge in [0, 0.05) is 5.41 Å². The van der Waals surface area contributed by atoms with Crippen molar-refractivity contribution in [1.82, 2.24) is 0 Å². The Hall–Kier alpha value is -0.850. The maximum atomic E-state index is 13.5. The molecule has 0 aliphatic heterocycles. The van der Waals surface area contributed by atoms with Gasteiger partial charge in [0.15, 0.2) is 0 Å². The van der Waals surface area contributed by atoms with Gasteiger partial charge >= 0.3 is 0 Å². The number of hydrogen-bond donors (Lipinski definition) is 2. The fraction of sp³-hybridized carbons (Fsp3) is 0.826. The Bertz CT molecular complexity index is 649. The molecule has 26 heavy (non-hydrogen) atoms. The smallest absolute Gasteiger partial charge is 0.130 e. The largest absolute Gasteiger partial charge is 0.393 e. The molecule has 4 aliphatic rings. The first kappa shape index (κ1) is 18.5. The molecule has 0 unspecified atom stereocenters. The fourth-order valence-electron chi connectivity index (χ4n) is 7.53. The van der Waals surface area contributed by atoms with Gasteiger partial charge in [-0.1, -0.05) is 30.9 Å². The highest BCUT2D eigenvalue weighted by atomic mass is 19.1. The second kappa shape index (κ2) is 6.35. The van der Waals surface area contributed by atoms with Gasteiger partial charge in [-0.25, -0.2) is 0 Å². The van der Waals surface area contributed by atoms with E-state index in [1.54, 1.807) is 0 Å². The number of alkyl halides is 1. The lowest BCUT2D eigenvalue weighted by Crippen LogP contribution is -2.55. The van der Waals surface area contributed by atoms with Crippen molar-refractivity contribution in [3.63, 3.8) is 0 Å². The molecule has 2 nitrogen and oxygen atoms in total.